The van der Waals surface area contributed by atoms with Crippen molar-refractivity contribution in [1.29, 1.82) is 0 Å². The highest BCUT2D eigenvalue weighted by Gasteiger charge is 2.31. The molecule has 2 N–H and O–H groups in total. The van der Waals surface area contributed by atoms with Crippen molar-refractivity contribution in [3.8, 4) is 0 Å². The fraction of sp³-hybridized carbons (Fsp3) is 0.632. The standard InChI is InChI=1S/C19H31N5/c1-15(17-7-5-4-6-8-17)16(2)22-19(20-3)21-13-18-14-23-9-11-24(18)12-10-23/h4-8,15-16,18H,9-14H2,1-3H3,(H2,20,21,22). The largest absolute Gasteiger partial charge is 0.355 e. The van der Waals surface area contributed by atoms with Gasteiger partial charge in [0, 0.05) is 64.3 Å². The van der Waals surface area contributed by atoms with E-state index in [1.807, 2.05) is 7.05 Å². The van der Waals surface area contributed by atoms with Crippen molar-refractivity contribution in [2.45, 2.75) is 31.8 Å². The van der Waals surface area contributed by atoms with Gasteiger partial charge in [-0.2, -0.15) is 0 Å². The molecular weight excluding hydrogens is 298 g/mol. The Morgan fingerprint density at radius 3 is 2.46 bits per heavy atom. The normalized spacial score (nSPS) is 29.1. The lowest BCUT2D eigenvalue weighted by Crippen LogP contribution is -2.64. The minimum atomic E-state index is 0.325. The average molecular weight is 329 g/mol. The summed E-state index contributed by atoms with van der Waals surface area (Å²) < 4.78 is 0. The molecule has 0 aliphatic carbocycles. The lowest BCUT2D eigenvalue weighted by Gasteiger charge is -2.47. The van der Waals surface area contributed by atoms with Crippen LogP contribution in [-0.2, 0) is 0 Å². The first-order valence-corrected chi connectivity index (χ1v) is 9.16. The molecule has 0 aromatic heterocycles. The van der Waals surface area contributed by atoms with Gasteiger partial charge in [-0.25, -0.2) is 0 Å². The molecule has 24 heavy (non-hydrogen) atoms. The molecule has 3 aliphatic heterocycles. The Morgan fingerprint density at radius 2 is 1.88 bits per heavy atom. The Labute approximate surface area is 146 Å². The summed E-state index contributed by atoms with van der Waals surface area (Å²) in [5.41, 5.74) is 1.36. The highest BCUT2D eigenvalue weighted by molar-refractivity contribution is 5.80. The third-order valence-electron chi connectivity index (χ3n) is 5.56. The fourth-order valence-electron chi connectivity index (χ4n) is 3.71. The van der Waals surface area contributed by atoms with Crippen molar-refractivity contribution in [2.24, 2.45) is 4.99 Å². The second-order valence-corrected chi connectivity index (χ2v) is 7.08. The molecular formula is C19H31N5. The highest BCUT2D eigenvalue weighted by Crippen LogP contribution is 2.18. The van der Waals surface area contributed by atoms with E-state index in [4.69, 9.17) is 0 Å². The van der Waals surface area contributed by atoms with Crippen LogP contribution in [0.1, 0.15) is 25.3 Å². The number of nitrogens with one attached hydrogen (secondary N) is 2. The van der Waals surface area contributed by atoms with Gasteiger partial charge in [-0.3, -0.25) is 14.8 Å². The number of hydrogen-bond acceptors (Lipinski definition) is 3. The summed E-state index contributed by atoms with van der Waals surface area (Å²) in [6, 6.07) is 11.6. The van der Waals surface area contributed by atoms with Gasteiger partial charge in [-0.15, -0.1) is 0 Å². The Balaban J connectivity index is 1.49. The van der Waals surface area contributed by atoms with Crippen LogP contribution in [0.25, 0.3) is 0 Å². The third kappa shape index (κ3) is 4.08. The van der Waals surface area contributed by atoms with Gasteiger partial charge in [0.1, 0.15) is 0 Å². The molecule has 1 aromatic carbocycles. The number of benzene rings is 1. The van der Waals surface area contributed by atoms with Crippen LogP contribution < -0.4 is 10.6 Å². The molecule has 5 heteroatoms. The fourth-order valence-corrected chi connectivity index (χ4v) is 3.71. The number of nitrogens with zero attached hydrogens (tertiary/aromatic N) is 3. The maximum atomic E-state index is 4.41. The summed E-state index contributed by atoms with van der Waals surface area (Å²) in [5.74, 6) is 1.34. The molecule has 0 spiro atoms. The van der Waals surface area contributed by atoms with E-state index in [1.165, 1.54) is 38.3 Å². The predicted molar refractivity (Wildman–Crippen MR) is 101 cm³/mol. The number of piperazine rings is 3. The molecule has 132 valence electrons. The molecule has 3 fully saturated rings. The second-order valence-electron chi connectivity index (χ2n) is 7.08. The topological polar surface area (TPSA) is 42.9 Å². The Kier molecular flexibility index (Phi) is 5.74. The van der Waals surface area contributed by atoms with Gasteiger partial charge < -0.3 is 10.6 Å². The van der Waals surface area contributed by atoms with Crippen LogP contribution in [0.2, 0.25) is 0 Å². The van der Waals surface area contributed by atoms with Crippen molar-refractivity contribution >= 4 is 5.96 Å². The molecule has 0 amide bonds. The summed E-state index contributed by atoms with van der Waals surface area (Å²) in [6.45, 7) is 11.5. The van der Waals surface area contributed by atoms with Crippen LogP contribution in [0, 0.1) is 0 Å². The number of fused-ring (bicyclic) bond motifs is 3. The highest BCUT2D eigenvalue weighted by atomic mass is 15.4. The second kappa shape index (κ2) is 7.99. The van der Waals surface area contributed by atoms with Crippen LogP contribution in [0.5, 0.6) is 0 Å². The van der Waals surface area contributed by atoms with E-state index in [2.05, 4.69) is 69.6 Å². The van der Waals surface area contributed by atoms with E-state index >= 15 is 0 Å². The Bertz CT molecular complexity index is 536. The van der Waals surface area contributed by atoms with Gasteiger partial charge in [-0.1, -0.05) is 37.3 Å². The summed E-state index contributed by atoms with van der Waals surface area (Å²) >= 11 is 0. The quantitative estimate of drug-likeness (QED) is 0.632. The van der Waals surface area contributed by atoms with Gasteiger partial charge in [-0.05, 0) is 12.5 Å². The first-order valence-electron chi connectivity index (χ1n) is 9.16. The van der Waals surface area contributed by atoms with Crippen molar-refractivity contribution in [1.82, 2.24) is 20.4 Å². The zero-order valence-electron chi connectivity index (χ0n) is 15.2. The first kappa shape index (κ1) is 17.2. The monoisotopic (exact) mass is 329 g/mol. The molecule has 3 saturated heterocycles. The minimum Gasteiger partial charge on any atom is -0.355 e. The Morgan fingerprint density at radius 1 is 1.17 bits per heavy atom. The van der Waals surface area contributed by atoms with Crippen LogP contribution >= 0.6 is 0 Å². The number of guanidine groups is 1. The zero-order valence-corrected chi connectivity index (χ0v) is 15.2. The molecule has 2 bridgehead atoms. The number of rotatable bonds is 5. The SMILES string of the molecule is CN=C(NCC1CN2CCN1CC2)NC(C)C(C)c1ccccc1. The molecule has 0 saturated carbocycles. The van der Waals surface area contributed by atoms with E-state index in [0.29, 0.717) is 18.0 Å². The number of hydrogen-bond donors (Lipinski definition) is 2. The minimum absolute atomic E-state index is 0.325. The Hall–Kier alpha value is -1.59. The van der Waals surface area contributed by atoms with Crippen LogP contribution in [0.4, 0.5) is 0 Å². The molecule has 5 nitrogen and oxygen atoms in total. The van der Waals surface area contributed by atoms with Crippen LogP contribution in [-0.4, -0.2) is 74.2 Å². The third-order valence-corrected chi connectivity index (χ3v) is 5.56. The lowest BCUT2D eigenvalue weighted by molar-refractivity contribution is 0.0154. The lowest BCUT2D eigenvalue weighted by atomic mass is 9.94. The van der Waals surface area contributed by atoms with Crippen molar-refractivity contribution in [3.63, 3.8) is 0 Å². The zero-order chi connectivity index (χ0) is 16.9. The molecule has 3 aliphatic rings. The van der Waals surface area contributed by atoms with Crippen molar-refractivity contribution in [2.75, 3.05) is 46.3 Å². The maximum absolute atomic E-state index is 4.41. The number of aliphatic imine (C=N–C) groups is 1. The summed E-state index contributed by atoms with van der Waals surface area (Å²) in [7, 11) is 1.85. The van der Waals surface area contributed by atoms with Gasteiger partial charge in [0.25, 0.3) is 0 Å². The van der Waals surface area contributed by atoms with E-state index in [1.54, 1.807) is 0 Å². The van der Waals surface area contributed by atoms with E-state index in [-0.39, 0.29) is 0 Å². The van der Waals surface area contributed by atoms with Gasteiger partial charge in [0.15, 0.2) is 5.96 Å². The maximum Gasteiger partial charge on any atom is 0.191 e. The summed E-state index contributed by atoms with van der Waals surface area (Å²) in [4.78, 5) is 9.59. The molecule has 0 radical (unpaired) electrons. The molecule has 3 heterocycles. The molecule has 1 aromatic rings. The molecule has 4 rings (SSSR count). The van der Waals surface area contributed by atoms with Crippen molar-refractivity contribution < 1.29 is 0 Å². The summed E-state index contributed by atoms with van der Waals surface area (Å²) in [5, 5.41) is 7.09. The molecule has 3 atom stereocenters. The van der Waals surface area contributed by atoms with Gasteiger partial charge in [0.2, 0.25) is 0 Å². The smallest absolute Gasteiger partial charge is 0.191 e. The van der Waals surface area contributed by atoms with Gasteiger partial charge >= 0.3 is 0 Å². The van der Waals surface area contributed by atoms with Crippen LogP contribution in [0.3, 0.4) is 0 Å². The van der Waals surface area contributed by atoms with Crippen LogP contribution in [0.15, 0.2) is 35.3 Å². The van der Waals surface area contributed by atoms with Gasteiger partial charge in [0.05, 0.1) is 0 Å². The van der Waals surface area contributed by atoms with E-state index in [0.717, 1.165) is 12.5 Å². The summed E-state index contributed by atoms with van der Waals surface area (Å²) in [6.07, 6.45) is 0. The molecule has 3 unspecified atom stereocenters. The predicted octanol–water partition coefficient (Wildman–Crippen LogP) is 1.34. The van der Waals surface area contributed by atoms with E-state index < -0.39 is 0 Å². The van der Waals surface area contributed by atoms with E-state index in [9.17, 15) is 0 Å². The first-order chi connectivity index (χ1) is 11.7. The van der Waals surface area contributed by atoms with Crippen molar-refractivity contribution in [3.05, 3.63) is 35.9 Å². The average Bonchev–Trinajstić information content (AvgIpc) is 2.66.